The van der Waals surface area contributed by atoms with Gasteiger partial charge in [-0.15, -0.1) is 10.2 Å². The summed E-state index contributed by atoms with van der Waals surface area (Å²) in [4.78, 5) is 27.6. The highest BCUT2D eigenvalue weighted by Gasteiger charge is 2.36. The maximum absolute atomic E-state index is 13.2. The highest BCUT2D eigenvalue weighted by molar-refractivity contribution is 5.96. The van der Waals surface area contributed by atoms with Crippen LogP contribution in [0.3, 0.4) is 0 Å². The number of piperazine rings is 1. The van der Waals surface area contributed by atoms with Crippen molar-refractivity contribution < 1.29 is 27.5 Å². The van der Waals surface area contributed by atoms with Crippen LogP contribution in [0.15, 0.2) is 36.4 Å². The van der Waals surface area contributed by atoms with E-state index in [2.05, 4.69) is 15.5 Å². The molecule has 1 N–H and O–H groups in total. The molecule has 1 aromatic heterocycles. The molecule has 0 bridgehead atoms. The smallest absolute Gasteiger partial charge is 0.417 e. The molecule has 32 heavy (non-hydrogen) atoms. The van der Waals surface area contributed by atoms with Gasteiger partial charge in [0.15, 0.2) is 11.6 Å². The zero-order valence-corrected chi connectivity index (χ0v) is 17.7. The van der Waals surface area contributed by atoms with Crippen molar-refractivity contribution in [1.29, 1.82) is 0 Å². The maximum Gasteiger partial charge on any atom is 0.417 e. The Morgan fingerprint density at radius 3 is 2.34 bits per heavy atom. The lowest BCUT2D eigenvalue weighted by atomic mass is 10.1. The van der Waals surface area contributed by atoms with E-state index < -0.39 is 23.7 Å². The number of hydrogen-bond acceptors (Lipinski definition) is 6. The lowest BCUT2D eigenvalue weighted by molar-refractivity contribution is -0.138. The Balaban J connectivity index is 1.57. The third-order valence-corrected chi connectivity index (χ3v) is 4.78. The normalized spacial score (nSPS) is 14.4. The van der Waals surface area contributed by atoms with E-state index in [4.69, 9.17) is 4.74 Å². The largest absolute Gasteiger partial charge is 0.449 e. The van der Waals surface area contributed by atoms with Crippen molar-refractivity contribution in [1.82, 2.24) is 15.1 Å². The molecule has 0 atom stereocenters. The van der Waals surface area contributed by atoms with Gasteiger partial charge in [-0.05, 0) is 30.2 Å². The van der Waals surface area contributed by atoms with Gasteiger partial charge in [0.05, 0.1) is 17.7 Å². The number of ether oxygens (including phenoxy) is 1. The van der Waals surface area contributed by atoms with Gasteiger partial charge in [-0.3, -0.25) is 10.1 Å². The van der Waals surface area contributed by atoms with Crippen molar-refractivity contribution in [2.24, 2.45) is 5.92 Å². The van der Waals surface area contributed by atoms with Gasteiger partial charge in [-0.1, -0.05) is 26.0 Å². The van der Waals surface area contributed by atoms with E-state index in [0.717, 1.165) is 6.07 Å². The summed E-state index contributed by atoms with van der Waals surface area (Å²) in [5.74, 6) is 0.332. The molecule has 1 aromatic carbocycles. The Kier molecular flexibility index (Phi) is 7.16. The standard InChI is InChI=1S/C21H24F3N5O3/c1-14(2)13-32-20(31)25-17-7-8-18(27-26-17)28-9-11-29(12-10-28)19(30)15-5-3-4-6-16(15)21(22,23)24/h3-8,14H,9-13H2,1-2H3,(H,25,26,31). The van der Waals surface area contributed by atoms with Crippen molar-refractivity contribution in [2.75, 3.05) is 43.0 Å². The summed E-state index contributed by atoms with van der Waals surface area (Å²) in [7, 11) is 0. The number of anilines is 2. The number of nitrogens with zero attached hydrogens (tertiary/aromatic N) is 4. The first-order valence-corrected chi connectivity index (χ1v) is 10.1. The first kappa shape index (κ1) is 23.3. The van der Waals surface area contributed by atoms with E-state index in [1.54, 1.807) is 12.1 Å². The van der Waals surface area contributed by atoms with Crippen molar-refractivity contribution in [3.63, 3.8) is 0 Å². The van der Waals surface area contributed by atoms with Gasteiger partial charge in [0, 0.05) is 26.2 Å². The Morgan fingerprint density at radius 1 is 1.06 bits per heavy atom. The van der Waals surface area contributed by atoms with E-state index >= 15 is 0 Å². The van der Waals surface area contributed by atoms with Crippen LogP contribution >= 0.6 is 0 Å². The molecule has 1 aliphatic rings. The van der Waals surface area contributed by atoms with Crippen LogP contribution in [0, 0.1) is 5.92 Å². The predicted octanol–water partition coefficient (Wildman–Crippen LogP) is 3.66. The summed E-state index contributed by atoms with van der Waals surface area (Å²) >= 11 is 0. The number of aromatic nitrogens is 2. The monoisotopic (exact) mass is 451 g/mol. The summed E-state index contributed by atoms with van der Waals surface area (Å²) in [6.45, 7) is 5.39. The lowest BCUT2D eigenvalue weighted by Crippen LogP contribution is -2.49. The van der Waals surface area contributed by atoms with Gasteiger partial charge >= 0.3 is 12.3 Å². The number of halogens is 3. The fraction of sp³-hybridized carbons (Fsp3) is 0.429. The molecule has 1 fully saturated rings. The van der Waals surface area contributed by atoms with Crippen LogP contribution in [0.2, 0.25) is 0 Å². The van der Waals surface area contributed by atoms with Crippen molar-refractivity contribution >= 4 is 23.6 Å². The fourth-order valence-corrected chi connectivity index (χ4v) is 3.17. The van der Waals surface area contributed by atoms with Crippen LogP contribution in [0.5, 0.6) is 0 Å². The lowest BCUT2D eigenvalue weighted by Gasteiger charge is -2.35. The Bertz CT molecular complexity index is 942. The molecule has 1 saturated heterocycles. The topological polar surface area (TPSA) is 87.7 Å². The molecule has 11 heteroatoms. The number of carbonyl (C=O) groups excluding carboxylic acids is 2. The van der Waals surface area contributed by atoms with Crippen molar-refractivity contribution in [3.8, 4) is 0 Å². The van der Waals surface area contributed by atoms with E-state index in [-0.39, 0.29) is 37.0 Å². The minimum Gasteiger partial charge on any atom is -0.449 e. The Labute approximate surface area is 183 Å². The van der Waals surface area contributed by atoms with Crippen LogP contribution in [0.4, 0.5) is 29.6 Å². The number of rotatable bonds is 5. The summed E-state index contributed by atoms with van der Waals surface area (Å²) in [6, 6.07) is 8.03. The molecule has 2 heterocycles. The number of nitrogens with one attached hydrogen (secondary N) is 1. The quantitative estimate of drug-likeness (QED) is 0.747. The number of benzene rings is 1. The zero-order valence-electron chi connectivity index (χ0n) is 17.7. The summed E-state index contributed by atoms with van der Waals surface area (Å²) < 4.78 is 44.7. The van der Waals surface area contributed by atoms with Gasteiger partial charge < -0.3 is 14.5 Å². The van der Waals surface area contributed by atoms with Crippen molar-refractivity contribution in [3.05, 3.63) is 47.5 Å². The molecule has 8 nitrogen and oxygen atoms in total. The average molecular weight is 451 g/mol. The fourth-order valence-electron chi connectivity index (χ4n) is 3.17. The molecule has 0 saturated carbocycles. The first-order valence-electron chi connectivity index (χ1n) is 10.1. The third kappa shape index (κ3) is 5.86. The molecular weight excluding hydrogens is 427 g/mol. The highest BCUT2D eigenvalue weighted by atomic mass is 19.4. The van der Waals surface area contributed by atoms with Gasteiger partial charge in [0.25, 0.3) is 5.91 Å². The van der Waals surface area contributed by atoms with Crippen LogP contribution < -0.4 is 10.2 Å². The van der Waals surface area contributed by atoms with Gasteiger partial charge in [-0.25, -0.2) is 4.79 Å². The SMILES string of the molecule is CC(C)COC(=O)Nc1ccc(N2CCN(C(=O)c3ccccc3C(F)(F)F)CC2)nn1. The van der Waals surface area contributed by atoms with E-state index in [0.29, 0.717) is 18.9 Å². The summed E-state index contributed by atoms with van der Waals surface area (Å²) in [6.07, 6.45) is -5.22. The minimum atomic E-state index is -4.60. The molecular formula is C21H24F3N5O3. The molecule has 172 valence electrons. The van der Waals surface area contributed by atoms with Gasteiger partial charge in [0.1, 0.15) is 0 Å². The Morgan fingerprint density at radius 2 is 1.75 bits per heavy atom. The summed E-state index contributed by atoms with van der Waals surface area (Å²) in [5.41, 5.74) is -1.29. The molecule has 0 aliphatic carbocycles. The Hall–Kier alpha value is -3.37. The van der Waals surface area contributed by atoms with Crippen LogP contribution in [0.1, 0.15) is 29.8 Å². The molecule has 2 aromatic rings. The molecule has 3 rings (SSSR count). The van der Waals surface area contributed by atoms with Gasteiger partial charge in [0.2, 0.25) is 0 Å². The van der Waals surface area contributed by atoms with Crippen LogP contribution in [-0.2, 0) is 10.9 Å². The maximum atomic E-state index is 13.2. The number of alkyl halides is 3. The molecule has 1 aliphatic heterocycles. The minimum absolute atomic E-state index is 0.210. The number of hydrogen-bond donors (Lipinski definition) is 1. The molecule has 0 unspecified atom stereocenters. The van der Waals surface area contributed by atoms with Gasteiger partial charge in [-0.2, -0.15) is 13.2 Å². The first-order chi connectivity index (χ1) is 15.1. The second-order valence-electron chi connectivity index (χ2n) is 7.72. The van der Waals surface area contributed by atoms with Crippen LogP contribution in [-0.4, -0.2) is 59.9 Å². The van der Waals surface area contributed by atoms with Crippen molar-refractivity contribution in [2.45, 2.75) is 20.0 Å². The third-order valence-electron chi connectivity index (χ3n) is 4.78. The molecule has 2 amide bonds. The number of carbonyl (C=O) groups is 2. The van der Waals surface area contributed by atoms with Crippen LogP contribution in [0.25, 0.3) is 0 Å². The average Bonchev–Trinajstić information content (AvgIpc) is 2.77. The van der Waals surface area contributed by atoms with E-state index in [1.165, 1.54) is 23.1 Å². The van der Waals surface area contributed by atoms with E-state index in [9.17, 15) is 22.8 Å². The molecule has 0 radical (unpaired) electrons. The second-order valence-corrected chi connectivity index (χ2v) is 7.72. The van der Waals surface area contributed by atoms with E-state index in [1.807, 2.05) is 18.7 Å². The highest BCUT2D eigenvalue weighted by Crippen LogP contribution is 2.32. The zero-order chi connectivity index (χ0) is 23.3. The second kappa shape index (κ2) is 9.84. The predicted molar refractivity (Wildman–Crippen MR) is 111 cm³/mol. The summed E-state index contributed by atoms with van der Waals surface area (Å²) in [5, 5.41) is 10.5. The number of amides is 2. The molecule has 0 spiro atoms.